The third-order valence-corrected chi connectivity index (χ3v) is 2.96. The van der Waals surface area contributed by atoms with Gasteiger partial charge in [0, 0.05) is 43.3 Å². The summed E-state index contributed by atoms with van der Waals surface area (Å²) >= 11 is 0. The van der Waals surface area contributed by atoms with E-state index < -0.39 is 0 Å². The number of imidazole rings is 1. The lowest BCUT2D eigenvalue weighted by molar-refractivity contribution is 0.0956. The highest BCUT2D eigenvalue weighted by molar-refractivity contribution is 5.95. The molecule has 0 bridgehead atoms. The maximum Gasteiger partial charge on any atom is 0.319 e. The fourth-order valence-electron chi connectivity index (χ4n) is 1.86. The first-order chi connectivity index (χ1) is 10.7. The Morgan fingerprint density at radius 1 is 1.18 bits per heavy atom. The van der Waals surface area contributed by atoms with Crippen LogP contribution in [0.3, 0.4) is 0 Å². The van der Waals surface area contributed by atoms with Crippen LogP contribution in [-0.4, -0.2) is 34.6 Å². The van der Waals surface area contributed by atoms with E-state index in [1.54, 1.807) is 36.8 Å². The molecule has 3 N–H and O–H groups in total. The predicted molar refractivity (Wildman–Crippen MR) is 83.7 cm³/mol. The van der Waals surface area contributed by atoms with Gasteiger partial charge < -0.3 is 20.5 Å². The number of benzene rings is 1. The van der Waals surface area contributed by atoms with Crippen molar-refractivity contribution in [2.45, 2.75) is 13.5 Å². The fourth-order valence-corrected chi connectivity index (χ4v) is 1.86. The molecule has 0 aliphatic rings. The number of carbonyl (C=O) groups excluding carboxylic acids is 2. The molecule has 3 amide bonds. The molecule has 22 heavy (non-hydrogen) atoms. The quantitative estimate of drug-likeness (QED) is 0.754. The van der Waals surface area contributed by atoms with Gasteiger partial charge >= 0.3 is 6.03 Å². The van der Waals surface area contributed by atoms with E-state index in [0.29, 0.717) is 30.9 Å². The zero-order valence-electron chi connectivity index (χ0n) is 12.4. The SMILES string of the molecule is CCNC(=O)c1ccc(NC(=O)NCCn2ccnc2)cc1. The highest BCUT2D eigenvalue weighted by Gasteiger charge is 2.05. The topological polar surface area (TPSA) is 88.0 Å². The van der Waals surface area contributed by atoms with Crippen LogP contribution in [0.5, 0.6) is 0 Å². The molecule has 0 radical (unpaired) electrons. The van der Waals surface area contributed by atoms with Crippen LogP contribution in [0, 0.1) is 0 Å². The van der Waals surface area contributed by atoms with Gasteiger partial charge in [-0.05, 0) is 31.2 Å². The molecule has 1 heterocycles. The van der Waals surface area contributed by atoms with Gasteiger partial charge in [0.25, 0.3) is 5.91 Å². The number of nitrogens with zero attached hydrogens (tertiary/aromatic N) is 2. The van der Waals surface area contributed by atoms with Gasteiger partial charge in [0.2, 0.25) is 0 Å². The van der Waals surface area contributed by atoms with Gasteiger partial charge in [0.05, 0.1) is 6.33 Å². The third kappa shape index (κ3) is 4.62. The van der Waals surface area contributed by atoms with Gasteiger partial charge in [0.15, 0.2) is 0 Å². The zero-order chi connectivity index (χ0) is 15.8. The van der Waals surface area contributed by atoms with E-state index in [1.165, 1.54) is 0 Å². The highest BCUT2D eigenvalue weighted by Crippen LogP contribution is 2.09. The van der Waals surface area contributed by atoms with E-state index in [9.17, 15) is 9.59 Å². The number of amides is 3. The van der Waals surface area contributed by atoms with Crippen LogP contribution in [0.4, 0.5) is 10.5 Å². The Bertz CT molecular complexity index is 607. The largest absolute Gasteiger partial charge is 0.352 e. The molecule has 116 valence electrons. The third-order valence-electron chi connectivity index (χ3n) is 2.96. The minimum atomic E-state index is -0.286. The number of nitrogens with one attached hydrogen (secondary N) is 3. The molecule has 0 saturated heterocycles. The van der Waals surface area contributed by atoms with E-state index in [4.69, 9.17) is 0 Å². The number of hydrogen-bond acceptors (Lipinski definition) is 3. The lowest BCUT2D eigenvalue weighted by Gasteiger charge is -2.08. The van der Waals surface area contributed by atoms with Gasteiger partial charge in [-0.1, -0.05) is 0 Å². The van der Waals surface area contributed by atoms with Crippen LogP contribution in [0.2, 0.25) is 0 Å². The van der Waals surface area contributed by atoms with Crippen LogP contribution in [-0.2, 0) is 6.54 Å². The standard InChI is InChI=1S/C15H19N5O2/c1-2-17-14(21)12-3-5-13(6-4-12)19-15(22)18-8-10-20-9-7-16-11-20/h3-7,9,11H,2,8,10H2,1H3,(H,17,21)(H2,18,19,22). The molecule has 7 nitrogen and oxygen atoms in total. The van der Waals surface area contributed by atoms with E-state index in [1.807, 2.05) is 17.7 Å². The summed E-state index contributed by atoms with van der Waals surface area (Å²) < 4.78 is 1.88. The summed E-state index contributed by atoms with van der Waals surface area (Å²) in [5.41, 5.74) is 1.20. The minimum absolute atomic E-state index is 0.126. The monoisotopic (exact) mass is 301 g/mol. The van der Waals surface area contributed by atoms with Gasteiger partial charge in [-0.3, -0.25) is 4.79 Å². The molecule has 0 aliphatic heterocycles. The van der Waals surface area contributed by atoms with Crippen LogP contribution in [0.25, 0.3) is 0 Å². The van der Waals surface area contributed by atoms with Crippen LogP contribution in [0.15, 0.2) is 43.0 Å². The minimum Gasteiger partial charge on any atom is -0.352 e. The number of carbonyl (C=O) groups is 2. The Hall–Kier alpha value is -2.83. The molecule has 2 aromatic rings. The maximum absolute atomic E-state index is 11.7. The second kappa shape index (κ2) is 7.82. The number of aromatic nitrogens is 2. The van der Waals surface area contributed by atoms with E-state index in [-0.39, 0.29) is 11.9 Å². The van der Waals surface area contributed by atoms with Gasteiger partial charge in [0.1, 0.15) is 0 Å². The maximum atomic E-state index is 11.7. The number of rotatable bonds is 6. The van der Waals surface area contributed by atoms with Crippen molar-refractivity contribution < 1.29 is 9.59 Å². The Morgan fingerprint density at radius 3 is 2.59 bits per heavy atom. The molecule has 0 aliphatic carbocycles. The number of hydrogen-bond donors (Lipinski definition) is 3. The molecular formula is C15H19N5O2. The zero-order valence-corrected chi connectivity index (χ0v) is 12.4. The summed E-state index contributed by atoms with van der Waals surface area (Å²) in [5.74, 6) is -0.126. The molecule has 1 aromatic carbocycles. The van der Waals surface area contributed by atoms with E-state index in [2.05, 4.69) is 20.9 Å². The van der Waals surface area contributed by atoms with E-state index >= 15 is 0 Å². The summed E-state index contributed by atoms with van der Waals surface area (Å²) in [6, 6.07) is 6.45. The first-order valence-corrected chi connectivity index (χ1v) is 7.08. The van der Waals surface area contributed by atoms with Crippen LogP contribution in [0.1, 0.15) is 17.3 Å². The average Bonchev–Trinajstić information content (AvgIpc) is 3.01. The highest BCUT2D eigenvalue weighted by atomic mass is 16.2. The Kier molecular flexibility index (Phi) is 5.53. The Labute approximate surface area is 128 Å². The first-order valence-electron chi connectivity index (χ1n) is 7.08. The molecule has 1 aromatic heterocycles. The van der Waals surface area contributed by atoms with Crippen molar-refractivity contribution in [3.05, 3.63) is 48.5 Å². The van der Waals surface area contributed by atoms with Crippen LogP contribution < -0.4 is 16.0 Å². The molecule has 0 fully saturated rings. The number of urea groups is 1. The van der Waals surface area contributed by atoms with E-state index in [0.717, 1.165) is 0 Å². The second-order valence-corrected chi connectivity index (χ2v) is 4.62. The molecule has 7 heteroatoms. The van der Waals surface area contributed by atoms with Crippen molar-refractivity contribution >= 4 is 17.6 Å². The summed E-state index contributed by atoms with van der Waals surface area (Å²) in [5, 5.41) is 8.18. The predicted octanol–water partition coefficient (Wildman–Crippen LogP) is 1.45. The smallest absolute Gasteiger partial charge is 0.319 e. The summed E-state index contributed by atoms with van der Waals surface area (Å²) in [7, 11) is 0. The van der Waals surface area contributed by atoms with Crippen molar-refractivity contribution in [2.24, 2.45) is 0 Å². The second-order valence-electron chi connectivity index (χ2n) is 4.62. The lowest BCUT2D eigenvalue weighted by atomic mass is 10.2. The van der Waals surface area contributed by atoms with Crippen LogP contribution >= 0.6 is 0 Å². The lowest BCUT2D eigenvalue weighted by Crippen LogP contribution is -2.31. The summed E-state index contributed by atoms with van der Waals surface area (Å²) in [6.45, 7) is 3.60. The molecule has 0 spiro atoms. The average molecular weight is 301 g/mol. The van der Waals surface area contributed by atoms with Crippen molar-refractivity contribution in [1.82, 2.24) is 20.2 Å². The first kappa shape index (κ1) is 15.6. The Balaban J connectivity index is 1.77. The van der Waals surface area contributed by atoms with Gasteiger partial charge in [-0.25, -0.2) is 9.78 Å². The Morgan fingerprint density at radius 2 is 1.95 bits per heavy atom. The molecule has 0 saturated carbocycles. The van der Waals surface area contributed by atoms with Crippen molar-refractivity contribution in [2.75, 3.05) is 18.4 Å². The fraction of sp³-hybridized carbons (Fsp3) is 0.267. The molecule has 0 unspecified atom stereocenters. The normalized spacial score (nSPS) is 10.0. The molecule has 2 rings (SSSR count). The molecular weight excluding hydrogens is 282 g/mol. The van der Waals surface area contributed by atoms with Crippen molar-refractivity contribution in [3.63, 3.8) is 0 Å². The van der Waals surface area contributed by atoms with Gasteiger partial charge in [-0.15, -0.1) is 0 Å². The van der Waals surface area contributed by atoms with Gasteiger partial charge in [-0.2, -0.15) is 0 Å². The number of anilines is 1. The summed E-state index contributed by atoms with van der Waals surface area (Å²) in [6.07, 6.45) is 5.22. The van der Waals surface area contributed by atoms with Crippen molar-refractivity contribution in [1.29, 1.82) is 0 Å². The summed E-state index contributed by atoms with van der Waals surface area (Å²) in [4.78, 5) is 27.3. The van der Waals surface area contributed by atoms with Crippen molar-refractivity contribution in [3.8, 4) is 0 Å². The molecule has 0 atom stereocenters.